The zero-order chi connectivity index (χ0) is 17.8. The Bertz CT molecular complexity index is 840. The number of rotatable bonds is 5. The number of piperidine rings is 1. The second-order valence-electron chi connectivity index (χ2n) is 6.35. The molecular formula is C20H20ClN3O2. The van der Waals surface area contributed by atoms with E-state index in [2.05, 4.69) is 27.2 Å². The average molecular weight is 370 g/mol. The van der Waals surface area contributed by atoms with Crippen LogP contribution in [0.25, 0.3) is 11.4 Å². The van der Waals surface area contributed by atoms with Crippen molar-refractivity contribution in [3.8, 4) is 17.1 Å². The summed E-state index contributed by atoms with van der Waals surface area (Å²) in [5.74, 6) is 1.72. The molecular weight excluding hydrogens is 350 g/mol. The molecule has 1 saturated heterocycles. The minimum atomic E-state index is 0.223. The molecule has 1 aromatic heterocycles. The van der Waals surface area contributed by atoms with Gasteiger partial charge >= 0.3 is 0 Å². The molecule has 6 heteroatoms. The Labute approximate surface area is 157 Å². The van der Waals surface area contributed by atoms with Gasteiger partial charge in [-0.25, -0.2) is 0 Å². The van der Waals surface area contributed by atoms with E-state index in [0.29, 0.717) is 22.5 Å². The van der Waals surface area contributed by atoms with Gasteiger partial charge in [-0.15, -0.1) is 0 Å². The Morgan fingerprint density at radius 3 is 2.42 bits per heavy atom. The Morgan fingerprint density at radius 1 is 0.962 bits per heavy atom. The molecule has 1 aliphatic heterocycles. The summed E-state index contributed by atoms with van der Waals surface area (Å²) >= 11 is 5.86. The zero-order valence-corrected chi connectivity index (χ0v) is 15.2. The molecule has 0 amide bonds. The van der Waals surface area contributed by atoms with E-state index in [0.717, 1.165) is 18.7 Å². The fourth-order valence-electron chi connectivity index (χ4n) is 3.08. The minimum absolute atomic E-state index is 0.223. The third kappa shape index (κ3) is 3.99. The molecule has 0 aliphatic carbocycles. The molecule has 2 heterocycles. The molecule has 0 N–H and O–H groups in total. The highest BCUT2D eigenvalue weighted by Gasteiger charge is 2.13. The molecule has 0 radical (unpaired) electrons. The Kier molecular flexibility index (Phi) is 5.07. The van der Waals surface area contributed by atoms with E-state index in [9.17, 15) is 0 Å². The second-order valence-corrected chi connectivity index (χ2v) is 6.79. The fourth-order valence-corrected chi connectivity index (χ4v) is 3.21. The van der Waals surface area contributed by atoms with Crippen LogP contribution in [-0.4, -0.2) is 23.2 Å². The van der Waals surface area contributed by atoms with E-state index in [1.165, 1.54) is 24.9 Å². The molecule has 0 bridgehead atoms. The summed E-state index contributed by atoms with van der Waals surface area (Å²) in [5, 5.41) is 4.73. The lowest BCUT2D eigenvalue weighted by atomic mass is 10.1. The first kappa shape index (κ1) is 16.9. The van der Waals surface area contributed by atoms with E-state index < -0.39 is 0 Å². The van der Waals surface area contributed by atoms with Crippen LogP contribution in [0, 0.1) is 0 Å². The van der Waals surface area contributed by atoms with Gasteiger partial charge in [-0.2, -0.15) is 4.98 Å². The smallest absolute Gasteiger partial charge is 0.264 e. The molecule has 0 atom stereocenters. The van der Waals surface area contributed by atoms with E-state index in [1.54, 1.807) is 24.3 Å². The van der Waals surface area contributed by atoms with Crippen LogP contribution in [0.1, 0.15) is 25.2 Å². The fraction of sp³-hybridized carbons (Fsp3) is 0.300. The van der Waals surface area contributed by atoms with Gasteiger partial charge in [0.2, 0.25) is 5.82 Å². The number of hydrogen-bond donors (Lipinski definition) is 0. The molecule has 1 fully saturated rings. The van der Waals surface area contributed by atoms with Crippen molar-refractivity contribution in [2.75, 3.05) is 18.0 Å². The van der Waals surface area contributed by atoms with Gasteiger partial charge < -0.3 is 14.2 Å². The number of ether oxygens (including phenoxy) is 1. The number of anilines is 1. The van der Waals surface area contributed by atoms with Gasteiger partial charge in [-0.1, -0.05) is 16.8 Å². The summed E-state index contributed by atoms with van der Waals surface area (Å²) in [4.78, 5) is 6.84. The van der Waals surface area contributed by atoms with Crippen LogP contribution in [0.15, 0.2) is 53.1 Å². The normalized spacial score (nSPS) is 14.4. The Morgan fingerprint density at radius 2 is 1.69 bits per heavy atom. The van der Waals surface area contributed by atoms with Crippen molar-refractivity contribution in [3.05, 3.63) is 59.4 Å². The maximum absolute atomic E-state index is 5.86. The predicted octanol–water partition coefficient (Wildman–Crippen LogP) is 4.96. The van der Waals surface area contributed by atoms with Crippen molar-refractivity contribution in [2.45, 2.75) is 25.9 Å². The highest BCUT2D eigenvalue weighted by Crippen LogP contribution is 2.24. The summed E-state index contributed by atoms with van der Waals surface area (Å²) in [6.07, 6.45) is 3.87. The van der Waals surface area contributed by atoms with Gasteiger partial charge in [0.25, 0.3) is 5.89 Å². The molecule has 26 heavy (non-hydrogen) atoms. The first-order valence-corrected chi connectivity index (χ1v) is 9.22. The second kappa shape index (κ2) is 7.79. The molecule has 0 unspecified atom stereocenters. The molecule has 4 rings (SSSR count). The SMILES string of the molecule is Clc1ccc(OCc2nc(-c3ccc(N4CCCCC4)cc3)no2)cc1. The highest BCUT2D eigenvalue weighted by molar-refractivity contribution is 6.30. The van der Waals surface area contributed by atoms with Crippen LogP contribution in [0.5, 0.6) is 5.75 Å². The van der Waals surface area contributed by atoms with Crippen LogP contribution >= 0.6 is 11.6 Å². The third-order valence-electron chi connectivity index (χ3n) is 4.49. The number of benzene rings is 2. The van der Waals surface area contributed by atoms with Crippen LogP contribution < -0.4 is 9.64 Å². The van der Waals surface area contributed by atoms with Crippen molar-refractivity contribution in [2.24, 2.45) is 0 Å². The standard InChI is InChI=1S/C20H20ClN3O2/c21-16-6-10-18(11-7-16)25-14-19-22-20(23-26-19)15-4-8-17(9-5-15)24-12-2-1-3-13-24/h4-11H,1-3,12-14H2. The largest absolute Gasteiger partial charge is 0.484 e. The van der Waals surface area contributed by atoms with Crippen molar-refractivity contribution in [1.82, 2.24) is 10.1 Å². The maximum Gasteiger partial charge on any atom is 0.264 e. The molecule has 5 nitrogen and oxygen atoms in total. The molecule has 0 spiro atoms. The maximum atomic E-state index is 5.86. The lowest BCUT2D eigenvalue weighted by Gasteiger charge is -2.28. The number of nitrogens with zero attached hydrogens (tertiary/aromatic N) is 3. The van der Waals surface area contributed by atoms with Crippen molar-refractivity contribution in [1.29, 1.82) is 0 Å². The third-order valence-corrected chi connectivity index (χ3v) is 4.74. The van der Waals surface area contributed by atoms with Gasteiger partial charge in [-0.3, -0.25) is 0 Å². The van der Waals surface area contributed by atoms with E-state index in [4.69, 9.17) is 20.9 Å². The zero-order valence-electron chi connectivity index (χ0n) is 14.4. The van der Waals surface area contributed by atoms with E-state index >= 15 is 0 Å². The molecule has 1 aliphatic rings. The van der Waals surface area contributed by atoms with Gasteiger partial charge in [0.15, 0.2) is 6.61 Å². The van der Waals surface area contributed by atoms with Crippen molar-refractivity contribution >= 4 is 17.3 Å². The number of hydrogen-bond acceptors (Lipinski definition) is 5. The number of halogens is 1. The van der Waals surface area contributed by atoms with Gasteiger partial charge in [0.05, 0.1) is 0 Å². The number of aromatic nitrogens is 2. The molecule has 3 aromatic rings. The highest BCUT2D eigenvalue weighted by atomic mass is 35.5. The Balaban J connectivity index is 1.39. The molecule has 2 aromatic carbocycles. The lowest BCUT2D eigenvalue weighted by Crippen LogP contribution is -2.29. The van der Waals surface area contributed by atoms with E-state index in [1.807, 2.05) is 12.1 Å². The van der Waals surface area contributed by atoms with Gasteiger partial charge in [-0.05, 0) is 67.8 Å². The summed E-state index contributed by atoms with van der Waals surface area (Å²) in [6.45, 7) is 2.49. The van der Waals surface area contributed by atoms with Gasteiger partial charge in [0.1, 0.15) is 5.75 Å². The van der Waals surface area contributed by atoms with Crippen LogP contribution in [0.3, 0.4) is 0 Å². The molecule has 134 valence electrons. The van der Waals surface area contributed by atoms with Crippen molar-refractivity contribution < 1.29 is 9.26 Å². The topological polar surface area (TPSA) is 51.4 Å². The van der Waals surface area contributed by atoms with Crippen LogP contribution in [0.4, 0.5) is 5.69 Å². The van der Waals surface area contributed by atoms with Crippen LogP contribution in [0.2, 0.25) is 5.02 Å². The first-order chi connectivity index (χ1) is 12.8. The monoisotopic (exact) mass is 369 g/mol. The van der Waals surface area contributed by atoms with Crippen molar-refractivity contribution in [3.63, 3.8) is 0 Å². The summed E-state index contributed by atoms with van der Waals surface area (Å²) in [7, 11) is 0. The van der Waals surface area contributed by atoms with Gasteiger partial charge in [0, 0.05) is 29.4 Å². The average Bonchev–Trinajstić information content (AvgIpc) is 3.17. The van der Waals surface area contributed by atoms with Crippen LogP contribution in [-0.2, 0) is 6.61 Å². The summed E-state index contributed by atoms with van der Waals surface area (Å²) in [6, 6.07) is 15.5. The Hall–Kier alpha value is -2.53. The minimum Gasteiger partial charge on any atom is -0.484 e. The predicted molar refractivity (Wildman–Crippen MR) is 102 cm³/mol. The lowest BCUT2D eigenvalue weighted by molar-refractivity contribution is 0.243. The van der Waals surface area contributed by atoms with E-state index in [-0.39, 0.29) is 6.61 Å². The molecule has 0 saturated carbocycles. The summed E-state index contributed by atoms with van der Waals surface area (Å²) in [5.41, 5.74) is 2.19. The quantitative estimate of drug-likeness (QED) is 0.636. The first-order valence-electron chi connectivity index (χ1n) is 8.84. The summed E-state index contributed by atoms with van der Waals surface area (Å²) < 4.78 is 10.9.